The van der Waals surface area contributed by atoms with Crippen LogP contribution in [0.15, 0.2) is 24.4 Å². The first kappa shape index (κ1) is 14.3. The number of anilines is 1. The van der Waals surface area contributed by atoms with Crippen molar-refractivity contribution in [2.24, 2.45) is 0 Å². The molecule has 6 nitrogen and oxygen atoms in total. The molecule has 0 saturated carbocycles. The number of carbonyl (C=O) groups is 1. The van der Waals surface area contributed by atoms with E-state index in [9.17, 15) is 4.79 Å². The summed E-state index contributed by atoms with van der Waals surface area (Å²) in [5, 5.41) is 3.17. The van der Waals surface area contributed by atoms with Gasteiger partial charge in [0.1, 0.15) is 12.4 Å². The molecule has 0 unspecified atom stereocenters. The maximum Gasteiger partial charge on any atom is 0.248 e. The Hall–Kier alpha value is -1.66. The van der Waals surface area contributed by atoms with Crippen LogP contribution in [0.2, 0.25) is 0 Å². The van der Waals surface area contributed by atoms with Crippen molar-refractivity contribution in [3.63, 3.8) is 0 Å². The molecule has 1 aromatic rings. The second-order valence-electron chi connectivity index (χ2n) is 5.90. The van der Waals surface area contributed by atoms with Crippen molar-refractivity contribution in [2.45, 2.75) is 12.5 Å². The fourth-order valence-electron chi connectivity index (χ4n) is 2.63. The highest BCUT2D eigenvalue weighted by Crippen LogP contribution is 2.16. The highest BCUT2D eigenvalue weighted by Gasteiger charge is 2.33. The van der Waals surface area contributed by atoms with E-state index in [1.165, 1.54) is 0 Å². The summed E-state index contributed by atoms with van der Waals surface area (Å²) in [6.45, 7) is 6.98. The largest absolute Gasteiger partial charge is 0.363 e. The standard InChI is InChI=1S/C15H22N4O2/c1-15(11-16-12-15)21-10-14(20)19-8-6-18(7-9-19)13-4-2-3-5-17-13/h2-5,16H,6-12H2,1H3. The van der Waals surface area contributed by atoms with Crippen LogP contribution in [-0.2, 0) is 9.53 Å². The Balaban J connectivity index is 1.45. The minimum absolute atomic E-state index is 0.0868. The molecule has 2 fully saturated rings. The lowest BCUT2D eigenvalue weighted by molar-refractivity contribution is -0.146. The lowest BCUT2D eigenvalue weighted by Gasteiger charge is -2.40. The van der Waals surface area contributed by atoms with Crippen molar-refractivity contribution in [1.82, 2.24) is 15.2 Å². The van der Waals surface area contributed by atoms with E-state index in [1.807, 2.05) is 30.0 Å². The van der Waals surface area contributed by atoms with E-state index >= 15 is 0 Å². The molecule has 0 radical (unpaired) electrons. The predicted molar refractivity (Wildman–Crippen MR) is 80.3 cm³/mol. The van der Waals surface area contributed by atoms with Gasteiger partial charge in [0, 0.05) is 45.5 Å². The van der Waals surface area contributed by atoms with Crippen molar-refractivity contribution >= 4 is 11.7 Å². The number of hydrogen-bond acceptors (Lipinski definition) is 5. The summed E-state index contributed by atoms with van der Waals surface area (Å²) in [4.78, 5) is 20.6. The molecule has 114 valence electrons. The third kappa shape index (κ3) is 3.33. The third-order valence-corrected chi connectivity index (χ3v) is 4.15. The van der Waals surface area contributed by atoms with E-state index < -0.39 is 0 Å². The van der Waals surface area contributed by atoms with E-state index in [4.69, 9.17) is 4.74 Å². The van der Waals surface area contributed by atoms with Crippen molar-refractivity contribution < 1.29 is 9.53 Å². The number of amides is 1. The van der Waals surface area contributed by atoms with Gasteiger partial charge < -0.3 is 19.9 Å². The quantitative estimate of drug-likeness (QED) is 0.853. The van der Waals surface area contributed by atoms with Crippen LogP contribution in [0.1, 0.15) is 6.92 Å². The van der Waals surface area contributed by atoms with Gasteiger partial charge in [-0.15, -0.1) is 0 Å². The number of rotatable bonds is 4. The van der Waals surface area contributed by atoms with Gasteiger partial charge in [0.2, 0.25) is 5.91 Å². The van der Waals surface area contributed by atoms with Crippen LogP contribution in [0.5, 0.6) is 0 Å². The summed E-state index contributed by atoms with van der Waals surface area (Å²) in [7, 11) is 0. The summed E-state index contributed by atoms with van der Waals surface area (Å²) >= 11 is 0. The summed E-state index contributed by atoms with van der Waals surface area (Å²) in [5.74, 6) is 1.07. The molecule has 2 aliphatic heterocycles. The zero-order valence-electron chi connectivity index (χ0n) is 12.4. The Morgan fingerprint density at radius 3 is 2.67 bits per heavy atom. The van der Waals surface area contributed by atoms with Crippen LogP contribution in [-0.4, -0.2) is 67.3 Å². The van der Waals surface area contributed by atoms with Crippen LogP contribution in [0.4, 0.5) is 5.82 Å². The van der Waals surface area contributed by atoms with Crippen molar-refractivity contribution in [1.29, 1.82) is 0 Å². The number of piperazine rings is 1. The first-order chi connectivity index (χ1) is 10.2. The van der Waals surface area contributed by atoms with Crippen LogP contribution >= 0.6 is 0 Å². The fraction of sp³-hybridized carbons (Fsp3) is 0.600. The van der Waals surface area contributed by atoms with Gasteiger partial charge >= 0.3 is 0 Å². The molecule has 21 heavy (non-hydrogen) atoms. The van der Waals surface area contributed by atoms with Gasteiger partial charge in [0.25, 0.3) is 0 Å². The molecule has 3 heterocycles. The Labute approximate surface area is 125 Å². The first-order valence-electron chi connectivity index (χ1n) is 7.45. The summed E-state index contributed by atoms with van der Waals surface area (Å²) < 4.78 is 5.71. The van der Waals surface area contributed by atoms with Gasteiger partial charge in [-0.05, 0) is 19.1 Å². The number of carbonyl (C=O) groups excluding carboxylic acids is 1. The van der Waals surface area contributed by atoms with Crippen LogP contribution in [0.3, 0.4) is 0 Å². The van der Waals surface area contributed by atoms with Gasteiger partial charge in [-0.2, -0.15) is 0 Å². The topological polar surface area (TPSA) is 57.7 Å². The zero-order valence-corrected chi connectivity index (χ0v) is 12.4. The summed E-state index contributed by atoms with van der Waals surface area (Å²) in [6.07, 6.45) is 1.80. The third-order valence-electron chi connectivity index (χ3n) is 4.15. The first-order valence-corrected chi connectivity index (χ1v) is 7.45. The molecule has 3 rings (SSSR count). The second kappa shape index (κ2) is 5.99. The number of ether oxygens (including phenoxy) is 1. The maximum absolute atomic E-state index is 12.2. The molecule has 1 N–H and O–H groups in total. The minimum atomic E-state index is -0.161. The van der Waals surface area contributed by atoms with E-state index in [-0.39, 0.29) is 18.1 Å². The number of hydrogen-bond donors (Lipinski definition) is 1. The molecule has 2 saturated heterocycles. The number of aromatic nitrogens is 1. The smallest absolute Gasteiger partial charge is 0.248 e. The second-order valence-corrected chi connectivity index (χ2v) is 5.90. The highest BCUT2D eigenvalue weighted by molar-refractivity contribution is 5.77. The SMILES string of the molecule is CC1(OCC(=O)N2CCN(c3ccccn3)CC2)CNC1. The highest BCUT2D eigenvalue weighted by atomic mass is 16.5. The zero-order chi connectivity index (χ0) is 14.7. The molecule has 2 aliphatic rings. The molecular weight excluding hydrogens is 268 g/mol. The van der Waals surface area contributed by atoms with E-state index in [0.29, 0.717) is 0 Å². The van der Waals surface area contributed by atoms with Gasteiger partial charge in [-0.25, -0.2) is 4.98 Å². The molecule has 0 spiro atoms. The van der Waals surface area contributed by atoms with Crippen molar-refractivity contribution in [3.8, 4) is 0 Å². The van der Waals surface area contributed by atoms with Gasteiger partial charge in [0.05, 0.1) is 5.60 Å². The average molecular weight is 290 g/mol. The van der Waals surface area contributed by atoms with Crippen LogP contribution in [0, 0.1) is 0 Å². The molecule has 1 amide bonds. The normalized spacial score (nSPS) is 21.0. The molecule has 0 atom stereocenters. The van der Waals surface area contributed by atoms with E-state index in [2.05, 4.69) is 15.2 Å². The fourth-order valence-corrected chi connectivity index (χ4v) is 2.63. The number of nitrogens with one attached hydrogen (secondary N) is 1. The Kier molecular flexibility index (Phi) is 4.07. The summed E-state index contributed by atoms with van der Waals surface area (Å²) in [5.41, 5.74) is -0.161. The van der Waals surface area contributed by atoms with Crippen LogP contribution < -0.4 is 10.2 Å². The lowest BCUT2D eigenvalue weighted by atomic mass is 10.0. The van der Waals surface area contributed by atoms with Crippen molar-refractivity contribution in [2.75, 3.05) is 50.8 Å². The minimum Gasteiger partial charge on any atom is -0.363 e. The molecule has 0 bridgehead atoms. The number of nitrogens with zero attached hydrogens (tertiary/aromatic N) is 3. The monoisotopic (exact) mass is 290 g/mol. The van der Waals surface area contributed by atoms with Crippen LogP contribution in [0.25, 0.3) is 0 Å². The average Bonchev–Trinajstić information content (AvgIpc) is 2.52. The van der Waals surface area contributed by atoms with E-state index in [1.54, 1.807) is 6.20 Å². The van der Waals surface area contributed by atoms with Gasteiger partial charge in [-0.3, -0.25) is 4.79 Å². The molecule has 0 aliphatic carbocycles. The predicted octanol–water partition coefficient (Wildman–Crippen LogP) is 0.109. The number of pyridine rings is 1. The maximum atomic E-state index is 12.2. The lowest BCUT2D eigenvalue weighted by Crippen LogP contribution is -2.60. The Morgan fingerprint density at radius 1 is 1.33 bits per heavy atom. The molecule has 0 aromatic carbocycles. The van der Waals surface area contributed by atoms with Gasteiger partial charge in [-0.1, -0.05) is 6.07 Å². The van der Waals surface area contributed by atoms with E-state index in [0.717, 1.165) is 45.1 Å². The van der Waals surface area contributed by atoms with Crippen molar-refractivity contribution in [3.05, 3.63) is 24.4 Å². The van der Waals surface area contributed by atoms with Gasteiger partial charge in [0.15, 0.2) is 0 Å². The Bertz CT molecular complexity index is 482. The molecule has 6 heteroatoms. The molecular formula is C15H22N4O2. The molecule has 1 aromatic heterocycles. The Morgan fingerprint density at radius 2 is 2.10 bits per heavy atom. The summed E-state index contributed by atoms with van der Waals surface area (Å²) in [6, 6.07) is 5.91.